The van der Waals surface area contributed by atoms with Gasteiger partial charge in [0.2, 0.25) is 5.91 Å². The van der Waals surface area contributed by atoms with Crippen LogP contribution in [0.5, 0.6) is 11.5 Å². The molecule has 8 heteroatoms. The van der Waals surface area contributed by atoms with E-state index < -0.39 is 0 Å². The number of carbonyl (C=O) groups excluding carboxylic acids is 2. The molecule has 0 bridgehead atoms. The number of hydrogen-bond acceptors (Lipinski definition) is 4. The van der Waals surface area contributed by atoms with E-state index in [-0.39, 0.29) is 25.0 Å². The number of nitrogens with one attached hydrogen (secondary N) is 1. The van der Waals surface area contributed by atoms with E-state index in [0.717, 1.165) is 0 Å². The molecule has 2 aromatic rings. The van der Waals surface area contributed by atoms with Crippen molar-refractivity contribution < 1.29 is 19.1 Å². The highest BCUT2D eigenvalue weighted by molar-refractivity contribution is 6.35. The Morgan fingerprint density at radius 1 is 1.11 bits per heavy atom. The van der Waals surface area contributed by atoms with Gasteiger partial charge in [-0.25, -0.2) is 0 Å². The molecule has 0 aliphatic rings. The van der Waals surface area contributed by atoms with E-state index >= 15 is 0 Å². The molecule has 2 amide bonds. The lowest BCUT2D eigenvalue weighted by Crippen LogP contribution is -2.41. The van der Waals surface area contributed by atoms with Gasteiger partial charge in [-0.2, -0.15) is 0 Å². The van der Waals surface area contributed by atoms with Gasteiger partial charge < -0.3 is 19.7 Å². The Bertz CT molecular complexity index is 830. The molecule has 28 heavy (non-hydrogen) atoms. The molecule has 0 fully saturated rings. The molecule has 0 saturated carbocycles. The zero-order valence-corrected chi connectivity index (χ0v) is 17.2. The molecule has 0 spiro atoms. The standard InChI is InChI=1S/C20H22Cl2N2O4/c1-3-9-24(12-19(25)23-18-10-14(21)7-8-17(18)22)20(26)13-28-16-6-4-5-15(11-16)27-2/h4-8,10-11H,3,9,12-13H2,1-2H3,(H,23,25). The van der Waals surface area contributed by atoms with E-state index in [9.17, 15) is 9.59 Å². The molecule has 0 radical (unpaired) electrons. The number of hydrogen-bond donors (Lipinski definition) is 1. The van der Waals surface area contributed by atoms with Gasteiger partial charge in [0.05, 0.1) is 24.4 Å². The molecular weight excluding hydrogens is 403 g/mol. The number of nitrogens with zero attached hydrogens (tertiary/aromatic N) is 1. The van der Waals surface area contributed by atoms with E-state index in [2.05, 4.69) is 5.32 Å². The van der Waals surface area contributed by atoms with Crippen LogP contribution >= 0.6 is 23.2 Å². The maximum atomic E-state index is 12.5. The van der Waals surface area contributed by atoms with Crippen molar-refractivity contribution in [3.8, 4) is 11.5 Å². The summed E-state index contributed by atoms with van der Waals surface area (Å²) in [6.07, 6.45) is 0.704. The molecular formula is C20H22Cl2N2O4. The topological polar surface area (TPSA) is 67.9 Å². The first-order chi connectivity index (χ1) is 13.4. The lowest BCUT2D eigenvalue weighted by molar-refractivity contribution is -0.136. The van der Waals surface area contributed by atoms with Crippen molar-refractivity contribution in [2.75, 3.05) is 32.1 Å². The summed E-state index contributed by atoms with van der Waals surface area (Å²) in [5.74, 6) is 0.483. The molecule has 0 saturated heterocycles. The fourth-order valence-corrected chi connectivity index (χ4v) is 2.78. The minimum absolute atomic E-state index is 0.114. The number of anilines is 1. The van der Waals surface area contributed by atoms with Crippen LogP contribution in [0.25, 0.3) is 0 Å². The summed E-state index contributed by atoms with van der Waals surface area (Å²) in [4.78, 5) is 26.3. The van der Waals surface area contributed by atoms with Gasteiger partial charge in [0.25, 0.3) is 5.91 Å². The second-order valence-corrected chi connectivity index (χ2v) is 6.80. The number of ether oxygens (including phenoxy) is 2. The second-order valence-electron chi connectivity index (χ2n) is 5.96. The van der Waals surface area contributed by atoms with Gasteiger partial charge in [-0.05, 0) is 36.8 Å². The van der Waals surface area contributed by atoms with Gasteiger partial charge in [0, 0.05) is 17.6 Å². The first-order valence-electron chi connectivity index (χ1n) is 8.72. The fourth-order valence-electron chi connectivity index (χ4n) is 2.45. The monoisotopic (exact) mass is 424 g/mol. The predicted octanol–water partition coefficient (Wildman–Crippen LogP) is 4.26. The third-order valence-corrected chi connectivity index (χ3v) is 4.35. The maximum Gasteiger partial charge on any atom is 0.260 e. The van der Waals surface area contributed by atoms with Crippen LogP contribution in [-0.4, -0.2) is 43.5 Å². The quantitative estimate of drug-likeness (QED) is 0.652. The summed E-state index contributed by atoms with van der Waals surface area (Å²) in [7, 11) is 1.55. The molecule has 0 aliphatic carbocycles. The van der Waals surface area contributed by atoms with Crippen molar-refractivity contribution in [3.63, 3.8) is 0 Å². The summed E-state index contributed by atoms with van der Waals surface area (Å²) in [5, 5.41) is 3.50. The van der Waals surface area contributed by atoms with Crippen molar-refractivity contribution in [2.24, 2.45) is 0 Å². The summed E-state index contributed by atoms with van der Waals surface area (Å²) in [5.41, 5.74) is 0.399. The summed E-state index contributed by atoms with van der Waals surface area (Å²) >= 11 is 12.0. The number of carbonyl (C=O) groups is 2. The fraction of sp³-hybridized carbons (Fsp3) is 0.300. The smallest absolute Gasteiger partial charge is 0.260 e. The minimum atomic E-state index is -0.368. The average Bonchev–Trinajstić information content (AvgIpc) is 2.68. The van der Waals surface area contributed by atoms with E-state index in [1.165, 1.54) is 4.90 Å². The zero-order valence-electron chi connectivity index (χ0n) is 15.7. The van der Waals surface area contributed by atoms with Crippen molar-refractivity contribution >= 4 is 40.7 Å². The van der Waals surface area contributed by atoms with Crippen LogP contribution in [0, 0.1) is 0 Å². The van der Waals surface area contributed by atoms with Gasteiger partial charge in [0.1, 0.15) is 11.5 Å². The summed E-state index contributed by atoms with van der Waals surface area (Å²) in [6, 6.07) is 11.7. The van der Waals surface area contributed by atoms with Gasteiger partial charge in [0.15, 0.2) is 6.61 Å². The van der Waals surface area contributed by atoms with Crippen LogP contribution in [0.4, 0.5) is 5.69 Å². The first kappa shape index (κ1) is 21.9. The number of amides is 2. The van der Waals surface area contributed by atoms with Crippen molar-refractivity contribution in [1.82, 2.24) is 4.90 Å². The molecule has 0 aromatic heterocycles. The molecule has 2 aromatic carbocycles. The largest absolute Gasteiger partial charge is 0.497 e. The number of halogens is 2. The van der Waals surface area contributed by atoms with E-state index in [4.69, 9.17) is 32.7 Å². The minimum Gasteiger partial charge on any atom is -0.497 e. The second kappa shape index (κ2) is 10.8. The van der Waals surface area contributed by atoms with Gasteiger partial charge in [-0.3, -0.25) is 9.59 Å². The van der Waals surface area contributed by atoms with Crippen LogP contribution in [0.3, 0.4) is 0 Å². The highest BCUT2D eigenvalue weighted by Gasteiger charge is 2.18. The molecule has 6 nitrogen and oxygen atoms in total. The SMILES string of the molecule is CCCN(CC(=O)Nc1cc(Cl)ccc1Cl)C(=O)COc1cccc(OC)c1. The highest BCUT2D eigenvalue weighted by Crippen LogP contribution is 2.25. The molecule has 1 N–H and O–H groups in total. The van der Waals surface area contributed by atoms with Crippen LogP contribution in [-0.2, 0) is 9.59 Å². The summed E-state index contributed by atoms with van der Waals surface area (Å²) < 4.78 is 10.7. The van der Waals surface area contributed by atoms with Crippen LogP contribution in [0.15, 0.2) is 42.5 Å². The zero-order chi connectivity index (χ0) is 20.5. The average molecular weight is 425 g/mol. The predicted molar refractivity (Wildman–Crippen MR) is 110 cm³/mol. The van der Waals surface area contributed by atoms with Gasteiger partial charge in [-0.1, -0.05) is 36.2 Å². The Morgan fingerprint density at radius 3 is 2.57 bits per heavy atom. The number of rotatable bonds is 9. The van der Waals surface area contributed by atoms with E-state index in [1.807, 2.05) is 6.92 Å². The molecule has 0 heterocycles. The Hall–Kier alpha value is -2.44. The first-order valence-corrected chi connectivity index (χ1v) is 9.48. The van der Waals surface area contributed by atoms with Crippen LogP contribution in [0.2, 0.25) is 10.0 Å². The molecule has 0 aliphatic heterocycles. The Balaban J connectivity index is 1.95. The van der Waals surface area contributed by atoms with Gasteiger partial charge in [-0.15, -0.1) is 0 Å². The number of benzene rings is 2. The molecule has 2 rings (SSSR count). The third kappa shape index (κ3) is 6.62. The lowest BCUT2D eigenvalue weighted by atomic mass is 10.3. The van der Waals surface area contributed by atoms with E-state index in [0.29, 0.717) is 40.2 Å². The normalized spacial score (nSPS) is 10.3. The molecule has 0 unspecified atom stereocenters. The van der Waals surface area contributed by atoms with Crippen LogP contribution < -0.4 is 14.8 Å². The van der Waals surface area contributed by atoms with Crippen LogP contribution in [0.1, 0.15) is 13.3 Å². The maximum absolute atomic E-state index is 12.5. The molecule has 150 valence electrons. The van der Waals surface area contributed by atoms with E-state index in [1.54, 1.807) is 49.6 Å². The summed E-state index contributed by atoms with van der Waals surface area (Å²) in [6.45, 7) is 2.06. The Morgan fingerprint density at radius 2 is 1.86 bits per heavy atom. The number of methoxy groups -OCH3 is 1. The van der Waals surface area contributed by atoms with Crippen molar-refractivity contribution in [3.05, 3.63) is 52.5 Å². The van der Waals surface area contributed by atoms with Crippen molar-refractivity contribution in [1.29, 1.82) is 0 Å². The third-order valence-electron chi connectivity index (χ3n) is 3.79. The van der Waals surface area contributed by atoms with Crippen molar-refractivity contribution in [2.45, 2.75) is 13.3 Å². The molecule has 0 atom stereocenters. The Labute approximate surface area is 174 Å². The lowest BCUT2D eigenvalue weighted by Gasteiger charge is -2.22. The highest BCUT2D eigenvalue weighted by atomic mass is 35.5. The van der Waals surface area contributed by atoms with Gasteiger partial charge >= 0.3 is 0 Å². The Kier molecular flexibility index (Phi) is 8.42.